The van der Waals surface area contributed by atoms with E-state index in [1.54, 1.807) is 7.11 Å². The van der Waals surface area contributed by atoms with Gasteiger partial charge in [0.2, 0.25) is 0 Å². The Balaban J connectivity index is 2.23. The molecule has 0 bridgehead atoms. The molecule has 24 heavy (non-hydrogen) atoms. The Morgan fingerprint density at radius 2 is 1.71 bits per heavy atom. The molecule has 0 saturated heterocycles. The third-order valence-electron chi connectivity index (χ3n) is 4.31. The molecule has 3 nitrogen and oxygen atoms in total. The third-order valence-corrected chi connectivity index (χ3v) is 4.31. The summed E-state index contributed by atoms with van der Waals surface area (Å²) in [5.74, 6) is 0.339. The smallest absolute Gasteiger partial charge is 0.146 e. The van der Waals surface area contributed by atoms with Crippen molar-refractivity contribution < 1.29 is 14.6 Å². The monoisotopic (exact) mass is 328 g/mol. The summed E-state index contributed by atoms with van der Waals surface area (Å²) in [6.45, 7) is 7.21. The fourth-order valence-electron chi connectivity index (χ4n) is 3.12. The SMILES string of the molecule is CCCc1cc(Cc2c(C)cc(O)cc2C)ccc1COCOC. The molecule has 2 rings (SSSR count). The van der Waals surface area contributed by atoms with Gasteiger partial charge in [0.1, 0.15) is 12.5 Å². The molecule has 2 aromatic carbocycles. The summed E-state index contributed by atoms with van der Waals surface area (Å²) in [6.07, 6.45) is 3.04. The van der Waals surface area contributed by atoms with Gasteiger partial charge in [0.05, 0.1) is 6.61 Å². The average Bonchev–Trinajstić information content (AvgIpc) is 2.53. The van der Waals surface area contributed by atoms with Crippen molar-refractivity contribution in [2.24, 2.45) is 0 Å². The second-order valence-electron chi connectivity index (χ2n) is 6.34. The molecule has 0 atom stereocenters. The number of phenolic OH excluding ortho intramolecular Hbond substituents is 1. The van der Waals surface area contributed by atoms with Crippen LogP contribution >= 0.6 is 0 Å². The van der Waals surface area contributed by atoms with E-state index in [1.807, 2.05) is 12.1 Å². The van der Waals surface area contributed by atoms with Gasteiger partial charge < -0.3 is 14.6 Å². The van der Waals surface area contributed by atoms with Gasteiger partial charge in [-0.2, -0.15) is 0 Å². The number of rotatable bonds is 8. The van der Waals surface area contributed by atoms with Crippen molar-refractivity contribution >= 4 is 0 Å². The lowest BCUT2D eigenvalue weighted by Gasteiger charge is -2.14. The minimum absolute atomic E-state index is 0.319. The topological polar surface area (TPSA) is 38.7 Å². The zero-order valence-corrected chi connectivity index (χ0v) is 15.2. The van der Waals surface area contributed by atoms with Crippen LogP contribution in [0.3, 0.4) is 0 Å². The molecule has 0 heterocycles. The molecule has 0 aliphatic rings. The van der Waals surface area contributed by atoms with E-state index in [1.165, 1.54) is 22.3 Å². The number of hydrogen-bond donors (Lipinski definition) is 1. The molecule has 3 heteroatoms. The lowest BCUT2D eigenvalue weighted by molar-refractivity contribution is -0.0392. The molecule has 0 aliphatic carbocycles. The normalized spacial score (nSPS) is 11.0. The van der Waals surface area contributed by atoms with Crippen LogP contribution in [0, 0.1) is 13.8 Å². The molecule has 2 aromatic rings. The number of benzene rings is 2. The zero-order chi connectivity index (χ0) is 17.5. The van der Waals surface area contributed by atoms with E-state index in [-0.39, 0.29) is 0 Å². The number of aromatic hydroxyl groups is 1. The molecule has 0 unspecified atom stereocenters. The minimum atomic E-state index is 0.319. The number of methoxy groups -OCH3 is 1. The number of ether oxygens (including phenoxy) is 2. The van der Waals surface area contributed by atoms with E-state index in [2.05, 4.69) is 39.0 Å². The second kappa shape index (κ2) is 8.86. The summed E-state index contributed by atoms with van der Waals surface area (Å²) in [6, 6.07) is 10.3. The summed E-state index contributed by atoms with van der Waals surface area (Å²) in [4.78, 5) is 0. The van der Waals surface area contributed by atoms with Gasteiger partial charge in [-0.1, -0.05) is 31.5 Å². The lowest BCUT2D eigenvalue weighted by Crippen LogP contribution is -2.03. The fraction of sp³-hybridized carbons (Fsp3) is 0.429. The highest BCUT2D eigenvalue weighted by atomic mass is 16.7. The minimum Gasteiger partial charge on any atom is -0.508 e. The van der Waals surface area contributed by atoms with Crippen LogP contribution in [0.25, 0.3) is 0 Å². The van der Waals surface area contributed by atoms with Gasteiger partial charge in [0.15, 0.2) is 0 Å². The maximum Gasteiger partial charge on any atom is 0.146 e. The molecule has 0 amide bonds. The first-order chi connectivity index (χ1) is 11.5. The lowest BCUT2D eigenvalue weighted by atomic mass is 9.93. The molecule has 0 radical (unpaired) electrons. The van der Waals surface area contributed by atoms with Gasteiger partial charge in [-0.3, -0.25) is 0 Å². The Hall–Kier alpha value is -1.84. The van der Waals surface area contributed by atoms with Crippen molar-refractivity contribution in [3.63, 3.8) is 0 Å². The molecule has 130 valence electrons. The molecular weight excluding hydrogens is 300 g/mol. The van der Waals surface area contributed by atoms with E-state index in [0.29, 0.717) is 19.1 Å². The summed E-state index contributed by atoms with van der Waals surface area (Å²) < 4.78 is 10.5. The Bertz CT molecular complexity index is 654. The van der Waals surface area contributed by atoms with Gasteiger partial charge in [-0.25, -0.2) is 0 Å². The van der Waals surface area contributed by atoms with Gasteiger partial charge in [-0.05, 0) is 72.2 Å². The molecule has 0 spiro atoms. The second-order valence-corrected chi connectivity index (χ2v) is 6.34. The summed E-state index contributed by atoms with van der Waals surface area (Å²) in [5, 5.41) is 9.71. The molecule has 1 N–H and O–H groups in total. The Morgan fingerprint density at radius 1 is 1.00 bits per heavy atom. The van der Waals surface area contributed by atoms with Crippen LogP contribution in [0.2, 0.25) is 0 Å². The van der Waals surface area contributed by atoms with Crippen LogP contribution < -0.4 is 0 Å². The van der Waals surface area contributed by atoms with Crippen LogP contribution in [-0.2, 0) is 28.9 Å². The largest absolute Gasteiger partial charge is 0.508 e. The van der Waals surface area contributed by atoms with Gasteiger partial charge in [0, 0.05) is 7.11 Å². The van der Waals surface area contributed by atoms with E-state index in [9.17, 15) is 5.11 Å². The van der Waals surface area contributed by atoms with Crippen molar-refractivity contribution in [1.29, 1.82) is 0 Å². The number of hydrogen-bond acceptors (Lipinski definition) is 3. The van der Waals surface area contributed by atoms with Crippen LogP contribution in [0.5, 0.6) is 5.75 Å². The number of aryl methyl sites for hydroxylation is 3. The summed E-state index contributed by atoms with van der Waals surface area (Å²) in [5.41, 5.74) is 7.44. The Labute approximate surface area is 145 Å². The highest BCUT2D eigenvalue weighted by molar-refractivity contribution is 5.44. The highest BCUT2D eigenvalue weighted by Crippen LogP contribution is 2.25. The molecular formula is C21H28O3. The van der Waals surface area contributed by atoms with E-state index >= 15 is 0 Å². The van der Waals surface area contributed by atoms with Crippen molar-refractivity contribution in [2.45, 2.75) is 46.6 Å². The highest BCUT2D eigenvalue weighted by Gasteiger charge is 2.09. The van der Waals surface area contributed by atoms with Crippen LogP contribution in [0.15, 0.2) is 30.3 Å². The molecule has 0 saturated carbocycles. The van der Waals surface area contributed by atoms with E-state index < -0.39 is 0 Å². The predicted molar refractivity (Wildman–Crippen MR) is 97.5 cm³/mol. The van der Waals surface area contributed by atoms with Gasteiger partial charge in [-0.15, -0.1) is 0 Å². The fourth-order valence-corrected chi connectivity index (χ4v) is 3.12. The van der Waals surface area contributed by atoms with Crippen molar-refractivity contribution in [3.05, 3.63) is 63.7 Å². The quantitative estimate of drug-likeness (QED) is 0.565. The Kier molecular flexibility index (Phi) is 6.83. The number of phenols is 1. The maximum absolute atomic E-state index is 9.71. The predicted octanol–water partition coefficient (Wildman–Crippen LogP) is 4.67. The molecule has 0 fully saturated rings. The maximum atomic E-state index is 9.71. The van der Waals surface area contributed by atoms with Crippen molar-refractivity contribution in [3.8, 4) is 5.75 Å². The van der Waals surface area contributed by atoms with Crippen LogP contribution in [-0.4, -0.2) is 19.0 Å². The van der Waals surface area contributed by atoms with Crippen molar-refractivity contribution in [2.75, 3.05) is 13.9 Å². The first-order valence-electron chi connectivity index (χ1n) is 8.51. The first-order valence-corrected chi connectivity index (χ1v) is 8.51. The summed E-state index contributed by atoms with van der Waals surface area (Å²) in [7, 11) is 1.64. The zero-order valence-electron chi connectivity index (χ0n) is 15.2. The van der Waals surface area contributed by atoms with Crippen LogP contribution in [0.4, 0.5) is 0 Å². The summed E-state index contributed by atoms with van der Waals surface area (Å²) >= 11 is 0. The van der Waals surface area contributed by atoms with Crippen LogP contribution in [0.1, 0.15) is 46.7 Å². The molecule has 0 aromatic heterocycles. The van der Waals surface area contributed by atoms with E-state index in [0.717, 1.165) is 30.4 Å². The van der Waals surface area contributed by atoms with Gasteiger partial charge >= 0.3 is 0 Å². The Morgan fingerprint density at radius 3 is 2.33 bits per heavy atom. The first kappa shape index (κ1) is 18.5. The van der Waals surface area contributed by atoms with Gasteiger partial charge in [0.25, 0.3) is 0 Å². The average molecular weight is 328 g/mol. The standard InChI is InChI=1S/C21H28O3/c1-5-6-18-11-17(7-8-19(18)13-24-14-23-4)12-21-15(2)9-20(22)10-16(21)3/h7-11,22H,5-6,12-14H2,1-4H3. The molecule has 0 aliphatic heterocycles. The van der Waals surface area contributed by atoms with Crippen molar-refractivity contribution in [1.82, 2.24) is 0 Å². The third kappa shape index (κ3) is 4.83. The van der Waals surface area contributed by atoms with E-state index in [4.69, 9.17) is 9.47 Å².